The molecule has 1 fully saturated rings. The van der Waals surface area contributed by atoms with Gasteiger partial charge in [-0.2, -0.15) is 0 Å². The molecule has 7 nitrogen and oxygen atoms in total. The predicted octanol–water partition coefficient (Wildman–Crippen LogP) is 3.28. The van der Waals surface area contributed by atoms with Gasteiger partial charge in [0.15, 0.2) is 0 Å². The Balaban J connectivity index is 1.65. The fourth-order valence-electron chi connectivity index (χ4n) is 4.32. The van der Waals surface area contributed by atoms with Crippen LogP contribution in [0.4, 0.5) is 0 Å². The van der Waals surface area contributed by atoms with E-state index in [1.54, 1.807) is 13.0 Å². The molecule has 3 N–H and O–H groups in total. The van der Waals surface area contributed by atoms with E-state index < -0.39 is 11.6 Å². The highest BCUT2D eigenvalue weighted by atomic mass is 16.4. The molecule has 1 amide bonds. The van der Waals surface area contributed by atoms with E-state index in [9.17, 15) is 24.6 Å². The number of carboxylic acids is 1. The average Bonchev–Trinajstić information content (AvgIpc) is 2.66. The molecule has 156 valence electrons. The van der Waals surface area contributed by atoms with Gasteiger partial charge >= 0.3 is 11.6 Å². The summed E-state index contributed by atoms with van der Waals surface area (Å²) in [4.78, 5) is 36.0. The summed E-state index contributed by atoms with van der Waals surface area (Å²) in [7, 11) is 0. The summed E-state index contributed by atoms with van der Waals surface area (Å²) in [5.74, 6) is -1.02. The van der Waals surface area contributed by atoms with Crippen LogP contribution in [0.5, 0.6) is 5.75 Å². The van der Waals surface area contributed by atoms with Gasteiger partial charge in [-0.3, -0.25) is 9.59 Å². The molecular weight excluding hydrogens is 374 g/mol. The van der Waals surface area contributed by atoms with E-state index in [0.717, 1.165) is 43.1 Å². The van der Waals surface area contributed by atoms with Crippen LogP contribution in [0, 0.1) is 12.3 Å². The molecule has 1 aliphatic rings. The number of fused-ring (bicyclic) bond motifs is 1. The molecular formula is C22H27NO6. The van der Waals surface area contributed by atoms with Crippen LogP contribution in [0.25, 0.3) is 11.0 Å². The lowest BCUT2D eigenvalue weighted by molar-refractivity contribution is -0.140. The average molecular weight is 401 g/mol. The number of aliphatic carboxylic acids is 1. The Morgan fingerprint density at radius 1 is 1.21 bits per heavy atom. The molecule has 0 aliphatic heterocycles. The molecule has 0 saturated heterocycles. The second-order valence-corrected chi connectivity index (χ2v) is 8.08. The molecule has 1 heterocycles. The number of amides is 1. The minimum atomic E-state index is -0.836. The smallest absolute Gasteiger partial charge is 0.339 e. The lowest BCUT2D eigenvalue weighted by atomic mass is 9.71. The summed E-state index contributed by atoms with van der Waals surface area (Å²) in [6, 6.07) is 4.61. The van der Waals surface area contributed by atoms with Crippen molar-refractivity contribution in [3.8, 4) is 5.75 Å². The van der Waals surface area contributed by atoms with Crippen LogP contribution in [0.3, 0.4) is 0 Å². The SMILES string of the molecule is Cc1c(CCC(=O)NCC2(CC(=O)O)CCCCC2)c(=O)oc2cc(O)ccc12. The number of hydrogen-bond donors (Lipinski definition) is 3. The van der Waals surface area contributed by atoms with Crippen molar-refractivity contribution in [1.29, 1.82) is 0 Å². The van der Waals surface area contributed by atoms with Crippen molar-refractivity contribution in [3.05, 3.63) is 39.7 Å². The molecule has 3 rings (SSSR count). The molecule has 0 spiro atoms. The van der Waals surface area contributed by atoms with E-state index in [1.807, 2.05) is 0 Å². The maximum Gasteiger partial charge on any atom is 0.339 e. The minimum Gasteiger partial charge on any atom is -0.508 e. The van der Waals surface area contributed by atoms with Gasteiger partial charge < -0.3 is 19.9 Å². The molecule has 1 aliphatic carbocycles. The Morgan fingerprint density at radius 3 is 2.62 bits per heavy atom. The molecule has 1 aromatic heterocycles. The Morgan fingerprint density at radius 2 is 1.93 bits per heavy atom. The molecule has 2 aromatic rings. The fourth-order valence-corrected chi connectivity index (χ4v) is 4.32. The third-order valence-electron chi connectivity index (χ3n) is 5.97. The molecule has 1 aromatic carbocycles. The lowest BCUT2D eigenvalue weighted by Gasteiger charge is -2.36. The summed E-state index contributed by atoms with van der Waals surface area (Å²) >= 11 is 0. The van der Waals surface area contributed by atoms with Crippen LogP contribution in [-0.4, -0.2) is 28.6 Å². The van der Waals surface area contributed by atoms with Crippen molar-refractivity contribution in [2.45, 2.75) is 58.3 Å². The monoisotopic (exact) mass is 401 g/mol. The number of rotatable bonds is 7. The fraction of sp³-hybridized carbons (Fsp3) is 0.500. The third-order valence-corrected chi connectivity index (χ3v) is 5.97. The molecule has 0 bridgehead atoms. The first-order valence-electron chi connectivity index (χ1n) is 10.0. The number of carbonyl (C=O) groups excluding carboxylic acids is 1. The molecule has 29 heavy (non-hydrogen) atoms. The Bertz CT molecular complexity index is 971. The van der Waals surface area contributed by atoms with Crippen LogP contribution >= 0.6 is 0 Å². The van der Waals surface area contributed by atoms with E-state index in [-0.39, 0.29) is 36.3 Å². The standard InChI is InChI=1S/C22H27NO6/c1-14-16-6-5-15(24)11-18(16)29-21(28)17(14)7-8-19(25)23-13-22(12-20(26)27)9-3-2-4-10-22/h5-6,11,24H,2-4,7-10,12-13H2,1H3,(H,23,25)(H,26,27). The summed E-state index contributed by atoms with van der Waals surface area (Å²) in [6.07, 6.45) is 5.10. The van der Waals surface area contributed by atoms with Crippen molar-refractivity contribution in [3.63, 3.8) is 0 Å². The molecule has 0 atom stereocenters. The van der Waals surface area contributed by atoms with Gasteiger partial charge in [-0.05, 0) is 49.3 Å². The van der Waals surface area contributed by atoms with E-state index in [1.165, 1.54) is 12.1 Å². The lowest BCUT2D eigenvalue weighted by Crippen LogP contribution is -2.40. The van der Waals surface area contributed by atoms with E-state index in [4.69, 9.17) is 4.42 Å². The maximum absolute atomic E-state index is 12.4. The van der Waals surface area contributed by atoms with E-state index in [2.05, 4.69) is 5.32 Å². The van der Waals surface area contributed by atoms with E-state index >= 15 is 0 Å². The normalized spacial score (nSPS) is 15.9. The van der Waals surface area contributed by atoms with Gasteiger partial charge in [-0.25, -0.2) is 4.79 Å². The van der Waals surface area contributed by atoms with Gasteiger partial charge in [0.05, 0.1) is 6.42 Å². The second kappa shape index (κ2) is 8.68. The number of phenols is 1. The number of aryl methyl sites for hydroxylation is 1. The molecule has 0 radical (unpaired) electrons. The highest BCUT2D eigenvalue weighted by molar-refractivity contribution is 5.82. The van der Waals surface area contributed by atoms with Gasteiger partial charge in [0.1, 0.15) is 11.3 Å². The van der Waals surface area contributed by atoms with Gasteiger partial charge in [-0.15, -0.1) is 0 Å². The topological polar surface area (TPSA) is 117 Å². The zero-order valence-electron chi connectivity index (χ0n) is 16.6. The first kappa shape index (κ1) is 20.9. The molecule has 0 unspecified atom stereocenters. The van der Waals surface area contributed by atoms with Crippen molar-refractivity contribution < 1.29 is 24.2 Å². The van der Waals surface area contributed by atoms with Crippen LogP contribution in [0.15, 0.2) is 27.4 Å². The largest absolute Gasteiger partial charge is 0.508 e. The highest BCUT2D eigenvalue weighted by Gasteiger charge is 2.34. The van der Waals surface area contributed by atoms with Gasteiger partial charge in [-0.1, -0.05) is 19.3 Å². The number of hydrogen-bond acceptors (Lipinski definition) is 5. The van der Waals surface area contributed by atoms with Gasteiger partial charge in [0.25, 0.3) is 0 Å². The number of phenolic OH excluding ortho intramolecular Hbond substituents is 1. The quantitative estimate of drug-likeness (QED) is 0.613. The number of aromatic hydroxyl groups is 1. The predicted molar refractivity (Wildman–Crippen MR) is 108 cm³/mol. The third kappa shape index (κ3) is 4.96. The maximum atomic E-state index is 12.4. The number of benzene rings is 1. The van der Waals surface area contributed by atoms with Crippen LogP contribution in [-0.2, 0) is 16.0 Å². The van der Waals surface area contributed by atoms with Crippen molar-refractivity contribution in [2.75, 3.05) is 6.54 Å². The van der Waals surface area contributed by atoms with Crippen LogP contribution < -0.4 is 10.9 Å². The number of carbonyl (C=O) groups is 2. The van der Waals surface area contributed by atoms with Crippen molar-refractivity contribution >= 4 is 22.8 Å². The van der Waals surface area contributed by atoms with E-state index in [0.29, 0.717) is 17.7 Å². The van der Waals surface area contributed by atoms with Gasteiger partial charge in [0, 0.05) is 30.0 Å². The Hall–Kier alpha value is -2.83. The summed E-state index contributed by atoms with van der Waals surface area (Å²) in [6.45, 7) is 2.15. The zero-order chi connectivity index (χ0) is 21.0. The van der Waals surface area contributed by atoms with Crippen LogP contribution in [0.1, 0.15) is 56.1 Å². The highest BCUT2D eigenvalue weighted by Crippen LogP contribution is 2.38. The Kier molecular flexibility index (Phi) is 6.25. The van der Waals surface area contributed by atoms with Crippen molar-refractivity contribution in [1.82, 2.24) is 5.32 Å². The molecule has 1 saturated carbocycles. The summed E-state index contributed by atoms with van der Waals surface area (Å²) in [5.41, 5.74) is 0.603. The first-order chi connectivity index (χ1) is 13.8. The number of carboxylic acid groups (broad SMARTS) is 1. The van der Waals surface area contributed by atoms with Crippen molar-refractivity contribution in [2.24, 2.45) is 5.41 Å². The second-order valence-electron chi connectivity index (χ2n) is 8.08. The minimum absolute atomic E-state index is 0.0187. The van der Waals surface area contributed by atoms with Gasteiger partial charge in [0.2, 0.25) is 5.91 Å². The van der Waals surface area contributed by atoms with Crippen LogP contribution in [0.2, 0.25) is 0 Å². The summed E-state index contributed by atoms with van der Waals surface area (Å²) < 4.78 is 5.29. The zero-order valence-corrected chi connectivity index (χ0v) is 16.6. The number of nitrogens with one attached hydrogen (secondary N) is 1. The molecule has 7 heteroatoms. The Labute approximate surface area is 168 Å². The first-order valence-corrected chi connectivity index (χ1v) is 10.0. The summed E-state index contributed by atoms with van der Waals surface area (Å²) in [5, 5.41) is 22.4.